The molecule has 8 nitrogen and oxygen atoms in total. The van der Waals surface area contributed by atoms with E-state index in [1.165, 1.54) is 19.1 Å². The van der Waals surface area contributed by atoms with Crippen LogP contribution in [0.2, 0.25) is 0 Å². The van der Waals surface area contributed by atoms with Crippen LogP contribution >= 0.6 is 0 Å². The van der Waals surface area contributed by atoms with E-state index in [1.54, 1.807) is 13.0 Å². The molecule has 0 saturated carbocycles. The van der Waals surface area contributed by atoms with E-state index < -0.39 is 27.3 Å². The zero-order chi connectivity index (χ0) is 20.4. The lowest BCUT2D eigenvalue weighted by molar-refractivity contribution is -0.385. The van der Waals surface area contributed by atoms with Crippen molar-refractivity contribution in [1.29, 1.82) is 0 Å². The van der Waals surface area contributed by atoms with Gasteiger partial charge in [-0.15, -0.1) is 0 Å². The molecule has 2 aromatic rings. The molecule has 0 spiro atoms. The fourth-order valence-electron chi connectivity index (χ4n) is 2.19. The molecule has 0 heterocycles. The van der Waals surface area contributed by atoms with Gasteiger partial charge in [0.05, 0.1) is 21.1 Å². The number of nitro groups is 2. The van der Waals surface area contributed by atoms with Crippen molar-refractivity contribution < 1.29 is 23.0 Å². The van der Waals surface area contributed by atoms with Crippen LogP contribution in [0, 0.1) is 27.2 Å². The van der Waals surface area contributed by atoms with Crippen LogP contribution in [-0.2, 0) is 6.18 Å². The molecular weight excluding hydrogens is 369 g/mol. The van der Waals surface area contributed by atoms with E-state index in [2.05, 4.69) is 10.5 Å². The van der Waals surface area contributed by atoms with Crippen LogP contribution < -0.4 is 5.43 Å². The number of anilines is 1. The Hall–Kier alpha value is -3.50. The minimum absolute atomic E-state index is 0.123. The zero-order valence-corrected chi connectivity index (χ0v) is 14.1. The van der Waals surface area contributed by atoms with Crippen LogP contribution in [0.15, 0.2) is 41.5 Å². The number of nitrogens with one attached hydrogen (secondary N) is 1. The molecule has 142 valence electrons. The molecule has 0 aromatic heterocycles. The first kappa shape index (κ1) is 19.8. The monoisotopic (exact) mass is 382 g/mol. The van der Waals surface area contributed by atoms with Gasteiger partial charge in [-0.3, -0.25) is 25.7 Å². The van der Waals surface area contributed by atoms with Gasteiger partial charge in [0.25, 0.3) is 11.4 Å². The standard InChI is InChI=1S/C16H13F3N4O4/c1-9-3-4-11(7-14(9)22(24)25)10(2)20-21-13-6-5-12(16(17,18)19)8-15(13)23(26)27/h3-8,21H,1-2H3. The Bertz CT molecular complexity index is 942. The Morgan fingerprint density at radius 3 is 2.22 bits per heavy atom. The van der Waals surface area contributed by atoms with Crippen molar-refractivity contribution in [1.82, 2.24) is 0 Å². The average molecular weight is 382 g/mol. The molecule has 0 aliphatic rings. The number of hydrazone groups is 1. The van der Waals surface area contributed by atoms with Gasteiger partial charge in [-0.05, 0) is 26.0 Å². The molecule has 0 aliphatic carbocycles. The third-order valence-corrected chi connectivity index (χ3v) is 3.69. The molecule has 0 unspecified atom stereocenters. The smallest absolute Gasteiger partial charge is 0.271 e. The Balaban J connectivity index is 2.36. The van der Waals surface area contributed by atoms with Crippen molar-refractivity contribution in [3.63, 3.8) is 0 Å². The minimum atomic E-state index is -4.72. The predicted octanol–water partition coefficient (Wildman–Crippen LogP) is 4.67. The molecule has 2 aromatic carbocycles. The summed E-state index contributed by atoms with van der Waals surface area (Å²) in [6.07, 6.45) is -4.72. The number of aryl methyl sites for hydroxylation is 1. The summed E-state index contributed by atoms with van der Waals surface area (Å²) in [7, 11) is 0. The van der Waals surface area contributed by atoms with Crippen molar-refractivity contribution >= 4 is 22.8 Å². The van der Waals surface area contributed by atoms with Crippen LogP contribution in [0.4, 0.5) is 30.2 Å². The number of hydrogen-bond acceptors (Lipinski definition) is 6. The Morgan fingerprint density at radius 1 is 1.04 bits per heavy atom. The van der Waals surface area contributed by atoms with E-state index in [4.69, 9.17) is 0 Å². The Morgan fingerprint density at radius 2 is 1.67 bits per heavy atom. The summed E-state index contributed by atoms with van der Waals surface area (Å²) in [6.45, 7) is 3.06. The Kier molecular flexibility index (Phi) is 5.43. The molecule has 0 radical (unpaired) electrons. The first-order valence-electron chi connectivity index (χ1n) is 7.42. The second-order valence-electron chi connectivity index (χ2n) is 5.55. The molecule has 0 aliphatic heterocycles. The van der Waals surface area contributed by atoms with E-state index in [1.807, 2.05) is 0 Å². The number of halogens is 3. The zero-order valence-electron chi connectivity index (χ0n) is 14.1. The molecule has 1 N–H and O–H groups in total. The van der Waals surface area contributed by atoms with Gasteiger partial charge in [0.1, 0.15) is 5.69 Å². The van der Waals surface area contributed by atoms with E-state index in [9.17, 15) is 33.4 Å². The minimum Gasteiger partial charge on any atom is -0.271 e. The summed E-state index contributed by atoms with van der Waals surface area (Å²) in [6, 6.07) is 6.38. The second kappa shape index (κ2) is 7.40. The van der Waals surface area contributed by atoms with Gasteiger partial charge in [0, 0.05) is 23.3 Å². The van der Waals surface area contributed by atoms with Gasteiger partial charge < -0.3 is 0 Å². The van der Waals surface area contributed by atoms with Gasteiger partial charge >= 0.3 is 6.18 Å². The lowest BCUT2D eigenvalue weighted by Crippen LogP contribution is -2.07. The molecular formula is C16H13F3N4O4. The lowest BCUT2D eigenvalue weighted by atomic mass is 10.1. The normalized spacial score (nSPS) is 12.0. The van der Waals surface area contributed by atoms with E-state index in [0.29, 0.717) is 23.3 Å². The van der Waals surface area contributed by atoms with Crippen LogP contribution in [0.3, 0.4) is 0 Å². The summed E-state index contributed by atoms with van der Waals surface area (Å²) in [5, 5.41) is 25.9. The fraction of sp³-hybridized carbons (Fsp3) is 0.188. The Labute approximate surface area is 150 Å². The topological polar surface area (TPSA) is 111 Å². The van der Waals surface area contributed by atoms with E-state index >= 15 is 0 Å². The largest absolute Gasteiger partial charge is 0.416 e. The maximum Gasteiger partial charge on any atom is 0.416 e. The quantitative estimate of drug-likeness (QED) is 0.459. The maximum absolute atomic E-state index is 12.7. The highest BCUT2D eigenvalue weighted by Gasteiger charge is 2.33. The van der Waals surface area contributed by atoms with Crippen molar-refractivity contribution in [3.05, 3.63) is 73.3 Å². The summed E-state index contributed by atoms with van der Waals surface area (Å²) < 4.78 is 38.1. The van der Waals surface area contributed by atoms with Crippen molar-refractivity contribution in [2.24, 2.45) is 5.10 Å². The molecule has 0 saturated heterocycles. The fourth-order valence-corrected chi connectivity index (χ4v) is 2.19. The molecule has 11 heteroatoms. The van der Waals surface area contributed by atoms with Gasteiger partial charge in [-0.25, -0.2) is 0 Å². The number of hydrogen-bond donors (Lipinski definition) is 1. The van der Waals surface area contributed by atoms with Crippen LogP contribution in [-0.4, -0.2) is 15.6 Å². The SMILES string of the molecule is CC(=NNc1ccc(C(F)(F)F)cc1[N+](=O)[O-])c1ccc(C)c([N+](=O)[O-])c1. The third-order valence-electron chi connectivity index (χ3n) is 3.69. The molecule has 0 fully saturated rings. The van der Waals surface area contributed by atoms with E-state index in [-0.39, 0.29) is 17.1 Å². The van der Waals surface area contributed by atoms with Crippen molar-refractivity contribution in [3.8, 4) is 0 Å². The molecule has 27 heavy (non-hydrogen) atoms. The average Bonchev–Trinajstić information content (AvgIpc) is 2.58. The van der Waals surface area contributed by atoms with Crippen LogP contribution in [0.1, 0.15) is 23.6 Å². The highest BCUT2D eigenvalue weighted by molar-refractivity contribution is 5.99. The van der Waals surface area contributed by atoms with Crippen molar-refractivity contribution in [2.75, 3.05) is 5.43 Å². The predicted molar refractivity (Wildman–Crippen MR) is 91.8 cm³/mol. The van der Waals surface area contributed by atoms with Gasteiger partial charge in [0.15, 0.2) is 0 Å². The van der Waals surface area contributed by atoms with Gasteiger partial charge in [-0.1, -0.05) is 12.1 Å². The van der Waals surface area contributed by atoms with Crippen LogP contribution in [0.25, 0.3) is 0 Å². The summed E-state index contributed by atoms with van der Waals surface area (Å²) in [4.78, 5) is 20.5. The summed E-state index contributed by atoms with van der Waals surface area (Å²) in [5.74, 6) is 0. The van der Waals surface area contributed by atoms with Crippen molar-refractivity contribution in [2.45, 2.75) is 20.0 Å². The number of benzene rings is 2. The van der Waals surface area contributed by atoms with Gasteiger partial charge in [0.2, 0.25) is 0 Å². The van der Waals surface area contributed by atoms with E-state index in [0.717, 1.165) is 6.07 Å². The number of nitrogens with zero attached hydrogens (tertiary/aromatic N) is 3. The highest BCUT2D eigenvalue weighted by Crippen LogP contribution is 2.35. The first-order valence-corrected chi connectivity index (χ1v) is 7.42. The van der Waals surface area contributed by atoms with Gasteiger partial charge in [-0.2, -0.15) is 18.3 Å². The molecule has 0 atom stereocenters. The van der Waals surface area contributed by atoms with Crippen LogP contribution in [0.5, 0.6) is 0 Å². The summed E-state index contributed by atoms with van der Waals surface area (Å²) >= 11 is 0. The molecule has 0 amide bonds. The maximum atomic E-state index is 12.7. The number of rotatable bonds is 5. The third kappa shape index (κ3) is 4.57. The number of alkyl halides is 3. The second-order valence-corrected chi connectivity index (χ2v) is 5.55. The molecule has 0 bridgehead atoms. The molecule has 2 rings (SSSR count). The lowest BCUT2D eigenvalue weighted by Gasteiger charge is -2.09. The highest BCUT2D eigenvalue weighted by atomic mass is 19.4. The number of nitro benzene ring substituents is 2. The summed E-state index contributed by atoms with van der Waals surface area (Å²) in [5.41, 5.74) is 1.11. The first-order chi connectivity index (χ1) is 12.5.